The lowest BCUT2D eigenvalue weighted by molar-refractivity contribution is -0.169. The van der Waals surface area contributed by atoms with Crippen LogP contribution >= 0.6 is 0 Å². The summed E-state index contributed by atoms with van der Waals surface area (Å²) in [5.74, 6) is 0. The molecular weight excluding hydrogens is 248 g/mol. The summed E-state index contributed by atoms with van der Waals surface area (Å²) in [4.78, 5) is 0. The third kappa shape index (κ3) is 6.19. The highest BCUT2D eigenvalue weighted by molar-refractivity contribution is 4.78. The summed E-state index contributed by atoms with van der Waals surface area (Å²) in [7, 11) is 0. The molecule has 2 fully saturated rings. The maximum atomic E-state index is 9.10. The molecule has 0 radical (unpaired) electrons. The van der Waals surface area contributed by atoms with E-state index >= 15 is 0 Å². The molecule has 0 aromatic carbocycles. The Labute approximate surface area is 115 Å². The van der Waals surface area contributed by atoms with Crippen LogP contribution in [0.4, 0.5) is 0 Å². The number of aliphatic hydroxyl groups excluding tert-OH is 1. The Balaban J connectivity index is 1.30. The van der Waals surface area contributed by atoms with Crippen molar-refractivity contribution >= 4 is 0 Å². The average Bonchev–Trinajstić information content (AvgIpc) is 2.40. The minimum atomic E-state index is -0.139. The fraction of sp³-hybridized carbons (Fsp3) is 1.00. The third-order valence-electron chi connectivity index (χ3n) is 3.53. The highest BCUT2D eigenvalue weighted by Crippen LogP contribution is 2.22. The lowest BCUT2D eigenvalue weighted by atomic mass is 9.92. The maximum absolute atomic E-state index is 9.10. The first-order valence-electron chi connectivity index (χ1n) is 7.45. The zero-order chi connectivity index (χ0) is 13.3. The molecule has 1 aliphatic carbocycles. The topological polar surface area (TPSA) is 57.2 Å². The predicted molar refractivity (Wildman–Crippen MR) is 70.0 cm³/mol. The second kappa shape index (κ2) is 8.87. The van der Waals surface area contributed by atoms with Gasteiger partial charge < -0.3 is 24.1 Å². The minimum Gasteiger partial charge on any atom is -0.393 e. The molecule has 5 heteroatoms. The molecule has 0 aromatic rings. The van der Waals surface area contributed by atoms with E-state index in [1.54, 1.807) is 0 Å². The van der Waals surface area contributed by atoms with Crippen LogP contribution in [0.15, 0.2) is 0 Å². The van der Waals surface area contributed by atoms with E-state index < -0.39 is 0 Å². The molecule has 19 heavy (non-hydrogen) atoms. The van der Waals surface area contributed by atoms with Gasteiger partial charge in [-0.25, -0.2) is 0 Å². The van der Waals surface area contributed by atoms with E-state index in [1.807, 2.05) is 0 Å². The summed E-state index contributed by atoms with van der Waals surface area (Å²) >= 11 is 0. The van der Waals surface area contributed by atoms with Crippen LogP contribution in [-0.2, 0) is 18.9 Å². The fourth-order valence-corrected chi connectivity index (χ4v) is 2.27. The monoisotopic (exact) mass is 274 g/mol. The van der Waals surface area contributed by atoms with Crippen molar-refractivity contribution < 1.29 is 24.1 Å². The van der Waals surface area contributed by atoms with Gasteiger partial charge in [0.25, 0.3) is 0 Å². The molecule has 1 atom stereocenters. The molecule has 0 bridgehead atoms. The molecule has 0 aromatic heterocycles. The predicted octanol–water partition coefficient (Wildman–Crippen LogP) is 1.48. The maximum Gasteiger partial charge on any atom is 0.157 e. The molecule has 112 valence electrons. The van der Waals surface area contributed by atoms with E-state index in [0.29, 0.717) is 26.4 Å². The Morgan fingerprint density at radius 1 is 1.00 bits per heavy atom. The molecule has 2 aliphatic rings. The van der Waals surface area contributed by atoms with Gasteiger partial charge in [0.1, 0.15) is 0 Å². The number of rotatable bonds is 9. The standard InChI is InChI=1S/C14H26O5/c15-12-10-13(11-12)17-7-3-5-16-8-9-19-14-4-1-2-6-18-14/h12-15H,1-11H2. The normalized spacial score (nSPS) is 31.1. The number of aliphatic hydroxyl groups is 1. The molecule has 2 rings (SSSR count). The van der Waals surface area contributed by atoms with Gasteiger partial charge in [0.2, 0.25) is 0 Å². The van der Waals surface area contributed by atoms with Crippen molar-refractivity contribution in [2.24, 2.45) is 0 Å². The molecule has 1 unspecified atom stereocenters. The second-order valence-electron chi connectivity index (χ2n) is 5.25. The van der Waals surface area contributed by atoms with E-state index in [4.69, 9.17) is 24.1 Å². The molecule has 1 heterocycles. The van der Waals surface area contributed by atoms with Gasteiger partial charge in [-0.2, -0.15) is 0 Å². The first kappa shape index (κ1) is 15.2. The van der Waals surface area contributed by atoms with Crippen LogP contribution in [0.1, 0.15) is 38.5 Å². The molecule has 1 saturated heterocycles. The molecule has 0 amide bonds. The second-order valence-corrected chi connectivity index (χ2v) is 5.25. The van der Waals surface area contributed by atoms with E-state index in [-0.39, 0.29) is 18.5 Å². The van der Waals surface area contributed by atoms with E-state index in [1.165, 1.54) is 6.42 Å². The van der Waals surface area contributed by atoms with Crippen LogP contribution < -0.4 is 0 Å². The highest BCUT2D eigenvalue weighted by atomic mass is 16.7. The lowest BCUT2D eigenvalue weighted by Gasteiger charge is -2.31. The molecule has 1 saturated carbocycles. The van der Waals surface area contributed by atoms with Gasteiger partial charge in [0.15, 0.2) is 6.29 Å². The molecule has 1 N–H and O–H groups in total. The van der Waals surface area contributed by atoms with Crippen LogP contribution in [0.3, 0.4) is 0 Å². The molecule has 0 spiro atoms. The Kier molecular flexibility index (Phi) is 7.09. The zero-order valence-electron chi connectivity index (χ0n) is 11.6. The quantitative estimate of drug-likeness (QED) is 0.645. The summed E-state index contributed by atoms with van der Waals surface area (Å²) in [6.07, 6.45) is 5.92. The smallest absolute Gasteiger partial charge is 0.157 e. The van der Waals surface area contributed by atoms with Crippen molar-refractivity contribution in [2.45, 2.75) is 57.0 Å². The van der Waals surface area contributed by atoms with Gasteiger partial charge in [0, 0.05) is 19.8 Å². The first-order valence-corrected chi connectivity index (χ1v) is 7.45. The van der Waals surface area contributed by atoms with Gasteiger partial charge >= 0.3 is 0 Å². The molecule has 5 nitrogen and oxygen atoms in total. The summed E-state index contributed by atoms with van der Waals surface area (Å²) in [6, 6.07) is 0. The van der Waals surface area contributed by atoms with Crippen LogP contribution in [0, 0.1) is 0 Å². The fourth-order valence-electron chi connectivity index (χ4n) is 2.27. The van der Waals surface area contributed by atoms with Crippen LogP contribution in [0.2, 0.25) is 0 Å². The third-order valence-corrected chi connectivity index (χ3v) is 3.53. The Hall–Kier alpha value is -0.200. The van der Waals surface area contributed by atoms with E-state index in [9.17, 15) is 0 Å². The summed E-state index contributed by atoms with van der Waals surface area (Å²) in [5.41, 5.74) is 0. The van der Waals surface area contributed by atoms with Crippen molar-refractivity contribution in [1.29, 1.82) is 0 Å². The van der Waals surface area contributed by atoms with Gasteiger partial charge in [-0.15, -0.1) is 0 Å². The van der Waals surface area contributed by atoms with E-state index in [2.05, 4.69) is 0 Å². The summed E-state index contributed by atoms with van der Waals surface area (Å²) in [6.45, 7) is 3.44. The zero-order valence-corrected chi connectivity index (χ0v) is 11.6. The number of hydrogen-bond acceptors (Lipinski definition) is 5. The van der Waals surface area contributed by atoms with Crippen LogP contribution in [0.5, 0.6) is 0 Å². The molecule has 1 aliphatic heterocycles. The van der Waals surface area contributed by atoms with Crippen LogP contribution in [0.25, 0.3) is 0 Å². The van der Waals surface area contributed by atoms with Crippen molar-refractivity contribution in [2.75, 3.05) is 33.0 Å². The summed E-state index contributed by atoms with van der Waals surface area (Å²) < 4.78 is 22.0. The van der Waals surface area contributed by atoms with Gasteiger partial charge in [0.05, 0.1) is 25.4 Å². The Morgan fingerprint density at radius 2 is 1.89 bits per heavy atom. The van der Waals surface area contributed by atoms with Crippen LogP contribution in [-0.4, -0.2) is 56.6 Å². The van der Waals surface area contributed by atoms with Gasteiger partial charge in [-0.1, -0.05) is 0 Å². The highest BCUT2D eigenvalue weighted by Gasteiger charge is 2.27. The number of hydrogen-bond donors (Lipinski definition) is 1. The summed E-state index contributed by atoms with van der Waals surface area (Å²) in [5, 5.41) is 9.10. The van der Waals surface area contributed by atoms with Gasteiger partial charge in [-0.05, 0) is 38.5 Å². The minimum absolute atomic E-state index is 0.0225. The SMILES string of the molecule is OC1CC(OCCCOCCOC2CCCCO2)C1. The van der Waals surface area contributed by atoms with E-state index in [0.717, 1.165) is 38.7 Å². The number of ether oxygens (including phenoxy) is 4. The Bertz CT molecular complexity index is 224. The molecular formula is C14H26O5. The average molecular weight is 274 g/mol. The van der Waals surface area contributed by atoms with Crippen molar-refractivity contribution in [3.63, 3.8) is 0 Å². The van der Waals surface area contributed by atoms with Crippen molar-refractivity contribution in [3.8, 4) is 0 Å². The lowest BCUT2D eigenvalue weighted by Crippen LogP contribution is -2.35. The van der Waals surface area contributed by atoms with Crippen molar-refractivity contribution in [1.82, 2.24) is 0 Å². The first-order chi connectivity index (χ1) is 9.34. The largest absolute Gasteiger partial charge is 0.393 e. The Morgan fingerprint density at radius 3 is 2.63 bits per heavy atom. The van der Waals surface area contributed by atoms with Gasteiger partial charge in [-0.3, -0.25) is 0 Å². The van der Waals surface area contributed by atoms with Crippen molar-refractivity contribution in [3.05, 3.63) is 0 Å².